The summed E-state index contributed by atoms with van der Waals surface area (Å²) in [5.41, 5.74) is 2.20. The van der Waals surface area contributed by atoms with E-state index >= 15 is 0 Å². The van der Waals surface area contributed by atoms with E-state index in [-0.39, 0.29) is 17.1 Å². The van der Waals surface area contributed by atoms with Crippen LogP contribution >= 0.6 is 0 Å². The number of aliphatic hydroxyl groups excluding tert-OH is 1. The largest absolute Gasteiger partial charge is 0.472 e. The summed E-state index contributed by atoms with van der Waals surface area (Å²) in [7, 11) is 0. The van der Waals surface area contributed by atoms with E-state index in [1.807, 2.05) is 12.5 Å². The topological polar surface area (TPSA) is 45.9 Å². The lowest BCUT2D eigenvalue weighted by Crippen LogP contribution is -2.58. The first-order valence-electron chi connectivity index (χ1n) is 10.9. The van der Waals surface area contributed by atoms with Crippen molar-refractivity contribution >= 4 is 0 Å². The summed E-state index contributed by atoms with van der Waals surface area (Å²) < 4.78 is 12.0. The predicted molar refractivity (Wildman–Crippen MR) is 98.7 cm³/mol. The van der Waals surface area contributed by atoms with E-state index in [1.54, 1.807) is 0 Å². The molecule has 1 aromatic heterocycles. The molecule has 0 bridgehead atoms. The van der Waals surface area contributed by atoms with E-state index in [0.29, 0.717) is 17.4 Å². The number of hydrogen-bond donors (Lipinski definition) is 1. The van der Waals surface area contributed by atoms with E-state index in [2.05, 4.69) is 19.9 Å². The fourth-order valence-electron chi connectivity index (χ4n) is 8.64. The normalized spacial score (nSPS) is 57.7. The Morgan fingerprint density at radius 1 is 1.04 bits per heavy atom. The van der Waals surface area contributed by atoms with Crippen LogP contribution in [0, 0.1) is 28.6 Å². The maximum Gasteiger partial charge on any atom is 0.104 e. The maximum atomic E-state index is 10.2. The second-order valence-corrected chi connectivity index (χ2v) is 10.6. The minimum absolute atomic E-state index is 0.0569. The molecule has 1 N–H and O–H groups in total. The van der Waals surface area contributed by atoms with Crippen LogP contribution in [0.15, 0.2) is 23.0 Å². The molecule has 5 aliphatic rings. The molecule has 1 aromatic rings. The highest BCUT2D eigenvalue weighted by molar-refractivity contribution is 5.35. The Morgan fingerprint density at radius 2 is 1.92 bits per heavy atom. The first-order chi connectivity index (χ1) is 12.5. The van der Waals surface area contributed by atoms with Crippen molar-refractivity contribution in [1.29, 1.82) is 0 Å². The SMILES string of the molecule is C[C@]12CC[C@H](O)C[C@H]1CC[C@@H]1[C@@H]2CC[C@]2(C)[C@@H](c3ccoc3)C[C@@H]3O[C@]312. The summed E-state index contributed by atoms with van der Waals surface area (Å²) in [6.07, 6.45) is 13.9. The molecule has 4 saturated carbocycles. The van der Waals surface area contributed by atoms with Gasteiger partial charge in [-0.15, -0.1) is 0 Å². The molecule has 3 heteroatoms. The third-order valence-electron chi connectivity index (χ3n) is 10.0. The van der Waals surface area contributed by atoms with Crippen molar-refractivity contribution in [3.63, 3.8) is 0 Å². The van der Waals surface area contributed by atoms with Crippen LogP contribution in [-0.2, 0) is 4.74 Å². The molecule has 1 saturated heterocycles. The van der Waals surface area contributed by atoms with Gasteiger partial charge in [-0.2, -0.15) is 0 Å². The van der Waals surface area contributed by atoms with Crippen molar-refractivity contribution in [2.45, 2.75) is 88.9 Å². The van der Waals surface area contributed by atoms with Crippen LogP contribution < -0.4 is 0 Å². The van der Waals surface area contributed by atoms with Crippen LogP contribution in [0.2, 0.25) is 0 Å². The summed E-state index contributed by atoms with van der Waals surface area (Å²) in [5, 5.41) is 10.2. The number of rotatable bonds is 1. The van der Waals surface area contributed by atoms with Gasteiger partial charge in [0.25, 0.3) is 0 Å². The maximum absolute atomic E-state index is 10.2. The number of ether oxygens (including phenoxy) is 1. The number of aliphatic hydroxyl groups is 1. The molecular formula is C23H32O3. The monoisotopic (exact) mass is 356 g/mol. The third kappa shape index (κ3) is 1.73. The van der Waals surface area contributed by atoms with Crippen LogP contribution in [0.3, 0.4) is 0 Å². The lowest BCUT2D eigenvalue weighted by atomic mass is 9.44. The van der Waals surface area contributed by atoms with Gasteiger partial charge in [0.2, 0.25) is 0 Å². The Morgan fingerprint density at radius 3 is 2.73 bits per heavy atom. The molecule has 0 unspecified atom stereocenters. The average Bonchev–Trinajstić information content (AvgIpc) is 2.99. The van der Waals surface area contributed by atoms with Gasteiger partial charge in [-0.1, -0.05) is 13.8 Å². The molecular weight excluding hydrogens is 324 g/mol. The molecule has 6 rings (SSSR count). The molecule has 9 atom stereocenters. The van der Waals surface area contributed by atoms with Gasteiger partial charge in [-0.3, -0.25) is 0 Å². The van der Waals surface area contributed by atoms with Gasteiger partial charge in [0.15, 0.2) is 0 Å². The van der Waals surface area contributed by atoms with E-state index in [4.69, 9.17) is 9.15 Å². The van der Waals surface area contributed by atoms with Gasteiger partial charge in [0, 0.05) is 5.41 Å². The molecule has 0 amide bonds. The van der Waals surface area contributed by atoms with Crippen LogP contribution in [0.4, 0.5) is 0 Å². The molecule has 3 nitrogen and oxygen atoms in total. The van der Waals surface area contributed by atoms with Crippen molar-refractivity contribution < 1.29 is 14.3 Å². The first kappa shape index (κ1) is 16.2. The Hall–Kier alpha value is -0.800. The van der Waals surface area contributed by atoms with Gasteiger partial charge in [0.05, 0.1) is 24.7 Å². The van der Waals surface area contributed by atoms with Crippen molar-refractivity contribution in [1.82, 2.24) is 0 Å². The second kappa shape index (κ2) is 4.97. The van der Waals surface area contributed by atoms with E-state index in [9.17, 15) is 5.11 Å². The molecule has 142 valence electrons. The molecule has 0 radical (unpaired) electrons. The van der Waals surface area contributed by atoms with Crippen LogP contribution in [-0.4, -0.2) is 22.9 Å². The minimum atomic E-state index is -0.0569. The van der Waals surface area contributed by atoms with Gasteiger partial charge in [-0.25, -0.2) is 0 Å². The molecule has 4 aliphatic carbocycles. The zero-order valence-corrected chi connectivity index (χ0v) is 16.1. The number of fused-ring (bicyclic) bond motifs is 3. The van der Waals surface area contributed by atoms with E-state index in [0.717, 1.165) is 30.6 Å². The summed E-state index contributed by atoms with van der Waals surface area (Å²) in [5.74, 6) is 2.82. The van der Waals surface area contributed by atoms with Crippen molar-refractivity contribution in [2.24, 2.45) is 28.6 Å². The third-order valence-corrected chi connectivity index (χ3v) is 10.0. The van der Waals surface area contributed by atoms with Gasteiger partial charge >= 0.3 is 0 Å². The standard InChI is InChI=1S/C23H32O3/c1-21-8-5-16(24)11-15(21)3-4-18-17(21)6-9-22(2)19(14-7-10-25-13-14)12-20-23(18,22)26-20/h7,10,13,15-20,24H,3-6,8-9,11-12H2,1-2H3/t15-,16+,17+,18-,19-,20+,21+,22-,23+/m1/s1. The molecule has 1 aliphatic heterocycles. The number of hydrogen-bond acceptors (Lipinski definition) is 3. The first-order valence-corrected chi connectivity index (χ1v) is 10.9. The lowest BCUT2D eigenvalue weighted by molar-refractivity contribution is -0.139. The Labute approximate surface area is 156 Å². The van der Waals surface area contributed by atoms with E-state index < -0.39 is 0 Å². The highest BCUT2D eigenvalue weighted by Gasteiger charge is 2.80. The zero-order chi connectivity index (χ0) is 17.7. The van der Waals surface area contributed by atoms with Crippen LogP contribution in [0.5, 0.6) is 0 Å². The van der Waals surface area contributed by atoms with Crippen molar-refractivity contribution in [2.75, 3.05) is 0 Å². The predicted octanol–water partition coefficient (Wildman–Crippen LogP) is 4.90. The molecule has 26 heavy (non-hydrogen) atoms. The fraction of sp³-hybridized carbons (Fsp3) is 0.826. The summed E-state index contributed by atoms with van der Waals surface area (Å²) in [6.45, 7) is 5.08. The molecule has 1 spiro atoms. The van der Waals surface area contributed by atoms with Crippen LogP contribution in [0.25, 0.3) is 0 Å². The number of furan rings is 1. The fourth-order valence-corrected chi connectivity index (χ4v) is 8.64. The van der Waals surface area contributed by atoms with Crippen LogP contribution in [0.1, 0.15) is 76.7 Å². The second-order valence-electron chi connectivity index (χ2n) is 10.6. The van der Waals surface area contributed by atoms with Crippen molar-refractivity contribution in [3.8, 4) is 0 Å². The smallest absolute Gasteiger partial charge is 0.104 e. The summed E-state index contributed by atoms with van der Waals surface area (Å²) >= 11 is 0. The zero-order valence-electron chi connectivity index (χ0n) is 16.1. The lowest BCUT2D eigenvalue weighted by Gasteiger charge is -2.61. The number of epoxide rings is 1. The Bertz CT molecular complexity index is 713. The Kier molecular flexibility index (Phi) is 3.09. The highest BCUT2D eigenvalue weighted by Crippen LogP contribution is 2.77. The van der Waals surface area contributed by atoms with Crippen molar-refractivity contribution in [3.05, 3.63) is 24.2 Å². The van der Waals surface area contributed by atoms with E-state index in [1.165, 1.54) is 44.1 Å². The van der Waals surface area contributed by atoms with Gasteiger partial charge in [-0.05, 0) is 92.1 Å². The average molecular weight is 357 g/mol. The van der Waals surface area contributed by atoms with Gasteiger partial charge < -0.3 is 14.3 Å². The molecule has 2 heterocycles. The highest BCUT2D eigenvalue weighted by atomic mass is 16.6. The van der Waals surface area contributed by atoms with Gasteiger partial charge in [0.1, 0.15) is 5.60 Å². The minimum Gasteiger partial charge on any atom is -0.472 e. The quantitative estimate of drug-likeness (QED) is 0.728. The molecule has 5 fully saturated rings. The summed E-state index contributed by atoms with van der Waals surface area (Å²) in [4.78, 5) is 0. The summed E-state index contributed by atoms with van der Waals surface area (Å²) in [6, 6.07) is 2.18. The molecule has 0 aromatic carbocycles. The Balaban J connectivity index is 1.37.